The number of ether oxygens (including phenoxy) is 2. The Morgan fingerprint density at radius 1 is 0.933 bits per heavy atom. The van der Waals surface area contributed by atoms with Crippen molar-refractivity contribution in [1.29, 1.82) is 0 Å². The monoisotopic (exact) mass is 426 g/mol. The minimum atomic E-state index is -0.712. The van der Waals surface area contributed by atoms with E-state index in [0.717, 1.165) is 19.3 Å². The van der Waals surface area contributed by atoms with Crippen LogP contribution in [0.4, 0.5) is 0 Å². The van der Waals surface area contributed by atoms with Gasteiger partial charge in [0.15, 0.2) is 11.9 Å². The zero-order valence-electron chi connectivity index (χ0n) is 17.9. The second-order valence-corrected chi connectivity index (χ2v) is 11.1. The molecule has 4 nitrogen and oxygen atoms in total. The van der Waals surface area contributed by atoms with E-state index in [4.69, 9.17) is 19.2 Å². The Bertz CT molecular complexity index is 965. The fourth-order valence-corrected chi connectivity index (χ4v) is 7.55. The predicted molar refractivity (Wildman–Crippen MR) is 117 cm³/mol. The summed E-state index contributed by atoms with van der Waals surface area (Å²) in [5, 5.41) is 2.54. The highest BCUT2D eigenvalue weighted by Gasteiger charge is 2.69. The molecule has 0 amide bonds. The molecule has 0 aromatic heterocycles. The van der Waals surface area contributed by atoms with Crippen LogP contribution in [-0.4, -0.2) is 23.1 Å². The second-order valence-electron chi connectivity index (χ2n) is 9.90. The van der Waals surface area contributed by atoms with Crippen molar-refractivity contribution < 1.29 is 19.2 Å². The van der Waals surface area contributed by atoms with E-state index in [9.17, 15) is 0 Å². The molecule has 1 spiro atoms. The number of benzene rings is 2. The van der Waals surface area contributed by atoms with Gasteiger partial charge in [-0.15, -0.1) is 0 Å². The van der Waals surface area contributed by atoms with Crippen LogP contribution >= 0.6 is 11.8 Å². The SMILES string of the molecule is C[C@H]1[C@H](Sc2ccc3ccccc3c2)O[C@@H]2O[C@@]3(C)CC[C@H]4[C@H](C)CC[C@@H]1[C@@]24OO3. The summed E-state index contributed by atoms with van der Waals surface area (Å²) in [6.07, 6.45) is 3.93. The summed E-state index contributed by atoms with van der Waals surface area (Å²) >= 11 is 1.82. The lowest BCUT2D eigenvalue weighted by molar-refractivity contribution is -0.568. The first-order valence-electron chi connectivity index (χ1n) is 11.3. The molecule has 0 N–H and O–H groups in total. The lowest BCUT2D eigenvalue weighted by Crippen LogP contribution is -2.70. The lowest BCUT2D eigenvalue weighted by Gasteiger charge is -2.60. The summed E-state index contributed by atoms with van der Waals surface area (Å²) in [5.41, 5.74) is -0.444. The second kappa shape index (κ2) is 6.94. The maximum Gasteiger partial charge on any atom is 0.201 e. The van der Waals surface area contributed by atoms with Gasteiger partial charge in [-0.1, -0.05) is 55.9 Å². The van der Waals surface area contributed by atoms with E-state index in [1.165, 1.54) is 22.1 Å². The summed E-state index contributed by atoms with van der Waals surface area (Å²) in [6, 6.07) is 15.2. The molecule has 5 heteroatoms. The third kappa shape index (κ3) is 2.82. The van der Waals surface area contributed by atoms with Crippen LogP contribution in [0.15, 0.2) is 47.4 Å². The van der Waals surface area contributed by atoms with Crippen LogP contribution in [0.25, 0.3) is 10.8 Å². The number of thioether (sulfide) groups is 1. The molecular weight excluding hydrogens is 396 g/mol. The first kappa shape index (κ1) is 19.6. The predicted octanol–water partition coefficient (Wildman–Crippen LogP) is 6.14. The van der Waals surface area contributed by atoms with Crippen LogP contribution in [0.2, 0.25) is 0 Å². The van der Waals surface area contributed by atoms with Crippen molar-refractivity contribution >= 4 is 22.5 Å². The zero-order valence-corrected chi connectivity index (χ0v) is 18.7. The molecule has 0 unspecified atom stereocenters. The largest absolute Gasteiger partial charge is 0.335 e. The van der Waals surface area contributed by atoms with Gasteiger partial charge in [0.05, 0.1) is 0 Å². The van der Waals surface area contributed by atoms with Crippen LogP contribution in [0.3, 0.4) is 0 Å². The van der Waals surface area contributed by atoms with Gasteiger partial charge in [-0.05, 0) is 66.8 Å². The van der Waals surface area contributed by atoms with Gasteiger partial charge in [0.25, 0.3) is 0 Å². The third-order valence-corrected chi connectivity index (χ3v) is 9.37. The molecular formula is C25H30O4S. The van der Waals surface area contributed by atoms with Gasteiger partial charge in [-0.2, -0.15) is 0 Å². The van der Waals surface area contributed by atoms with Gasteiger partial charge in [0.1, 0.15) is 5.44 Å². The molecule has 2 aromatic carbocycles. The van der Waals surface area contributed by atoms with E-state index in [1.807, 2.05) is 18.7 Å². The zero-order chi connectivity index (χ0) is 20.5. The highest BCUT2D eigenvalue weighted by molar-refractivity contribution is 7.99. The van der Waals surface area contributed by atoms with Crippen molar-refractivity contribution in [3.8, 4) is 0 Å². The number of hydrogen-bond donors (Lipinski definition) is 0. The Kier molecular flexibility index (Phi) is 4.53. The number of fused-ring (bicyclic) bond motifs is 3. The maximum absolute atomic E-state index is 6.71. The fourth-order valence-electron chi connectivity index (χ4n) is 6.38. The third-order valence-electron chi connectivity index (χ3n) is 8.07. The summed E-state index contributed by atoms with van der Waals surface area (Å²) in [5.74, 6) is 1.02. The summed E-state index contributed by atoms with van der Waals surface area (Å²) < 4.78 is 13.2. The Morgan fingerprint density at radius 3 is 2.63 bits per heavy atom. The van der Waals surface area contributed by atoms with Crippen molar-refractivity contribution in [2.75, 3.05) is 0 Å². The topological polar surface area (TPSA) is 36.9 Å². The van der Waals surface area contributed by atoms with E-state index in [1.54, 1.807) is 0 Å². The molecule has 1 aliphatic carbocycles. The van der Waals surface area contributed by atoms with Crippen molar-refractivity contribution in [1.82, 2.24) is 0 Å². The Morgan fingerprint density at radius 2 is 1.77 bits per heavy atom. The molecule has 30 heavy (non-hydrogen) atoms. The molecule has 5 fully saturated rings. The van der Waals surface area contributed by atoms with Crippen LogP contribution in [0, 0.1) is 23.7 Å². The summed E-state index contributed by atoms with van der Waals surface area (Å²) in [4.78, 5) is 13.4. The van der Waals surface area contributed by atoms with Gasteiger partial charge in [0.2, 0.25) is 5.79 Å². The van der Waals surface area contributed by atoms with Gasteiger partial charge in [-0.3, -0.25) is 0 Å². The molecule has 4 aliphatic heterocycles. The van der Waals surface area contributed by atoms with E-state index in [0.29, 0.717) is 23.7 Å². The van der Waals surface area contributed by atoms with Crippen molar-refractivity contribution in [3.05, 3.63) is 42.5 Å². The molecule has 4 heterocycles. The molecule has 4 saturated heterocycles. The highest BCUT2D eigenvalue weighted by Crippen LogP contribution is 2.61. The fraction of sp³-hybridized carbons (Fsp3) is 0.600. The van der Waals surface area contributed by atoms with Crippen molar-refractivity contribution in [2.24, 2.45) is 23.7 Å². The standard InChI is InChI=1S/C25H30O4S/c1-15-8-11-21-16(2)22(30-19-10-9-17-6-4-5-7-18(17)14-19)26-23-25(21)20(15)12-13-24(3,27-23)28-29-25/h4-7,9-10,14-16,20-23H,8,11-13H2,1-3H3/t15-,16-,20+,21+,22+,23-,24-,25-/m1/s1. The smallest absolute Gasteiger partial charge is 0.201 e. The summed E-state index contributed by atoms with van der Waals surface area (Å²) in [7, 11) is 0. The molecule has 7 rings (SSSR count). The molecule has 1 saturated carbocycles. The van der Waals surface area contributed by atoms with Crippen LogP contribution < -0.4 is 0 Å². The number of rotatable bonds is 2. The van der Waals surface area contributed by atoms with Gasteiger partial charge in [-0.25, -0.2) is 9.78 Å². The van der Waals surface area contributed by atoms with Gasteiger partial charge in [0, 0.05) is 17.2 Å². The molecule has 2 bridgehead atoms. The van der Waals surface area contributed by atoms with E-state index >= 15 is 0 Å². The van der Waals surface area contributed by atoms with Gasteiger partial charge < -0.3 is 9.47 Å². The van der Waals surface area contributed by atoms with Crippen LogP contribution in [-0.2, 0) is 19.2 Å². The quantitative estimate of drug-likeness (QED) is 0.539. The normalized spacial score (nSPS) is 45.2. The lowest BCUT2D eigenvalue weighted by atomic mass is 9.58. The molecule has 5 aliphatic rings. The molecule has 2 aromatic rings. The first-order chi connectivity index (χ1) is 14.5. The van der Waals surface area contributed by atoms with E-state index < -0.39 is 11.4 Å². The molecule has 8 atom stereocenters. The average molecular weight is 427 g/mol. The first-order valence-corrected chi connectivity index (χ1v) is 12.2. The average Bonchev–Trinajstić information content (AvgIpc) is 2.98. The Balaban J connectivity index is 1.34. The van der Waals surface area contributed by atoms with Crippen molar-refractivity contribution in [2.45, 2.75) is 74.5 Å². The minimum Gasteiger partial charge on any atom is -0.335 e. The van der Waals surface area contributed by atoms with E-state index in [-0.39, 0.29) is 11.7 Å². The highest BCUT2D eigenvalue weighted by atomic mass is 32.2. The minimum absolute atomic E-state index is 0.0346. The number of hydrogen-bond acceptors (Lipinski definition) is 5. The molecule has 160 valence electrons. The summed E-state index contributed by atoms with van der Waals surface area (Å²) in [6.45, 7) is 6.67. The maximum atomic E-state index is 6.71. The molecule has 0 radical (unpaired) electrons. The van der Waals surface area contributed by atoms with E-state index in [2.05, 4.69) is 56.3 Å². The Hall–Kier alpha value is -1.11. The van der Waals surface area contributed by atoms with Crippen molar-refractivity contribution in [3.63, 3.8) is 0 Å². The van der Waals surface area contributed by atoms with Crippen LogP contribution in [0.1, 0.15) is 46.5 Å². The Labute approximate surface area is 182 Å². The van der Waals surface area contributed by atoms with Gasteiger partial charge >= 0.3 is 0 Å². The van der Waals surface area contributed by atoms with Crippen LogP contribution in [0.5, 0.6) is 0 Å².